The Bertz CT molecular complexity index is 639. The summed E-state index contributed by atoms with van der Waals surface area (Å²) < 4.78 is 12.3. The van der Waals surface area contributed by atoms with Crippen molar-refractivity contribution < 1.29 is 14.4 Å². The molecular formula is C14H17N3O4. The zero-order valence-corrected chi connectivity index (χ0v) is 12.1. The van der Waals surface area contributed by atoms with E-state index >= 15 is 0 Å². The van der Waals surface area contributed by atoms with E-state index in [1.54, 1.807) is 29.1 Å². The molecule has 0 aliphatic heterocycles. The second kappa shape index (κ2) is 6.36. The van der Waals surface area contributed by atoms with Crippen LogP contribution < -0.4 is 4.74 Å². The zero-order chi connectivity index (χ0) is 15.4. The molecule has 0 aliphatic rings. The number of aromatic nitrogens is 2. The second-order valence-corrected chi connectivity index (χ2v) is 4.35. The van der Waals surface area contributed by atoms with Gasteiger partial charge in [-0.2, -0.15) is 5.10 Å². The lowest BCUT2D eigenvalue weighted by Gasteiger charge is -2.11. The van der Waals surface area contributed by atoms with Gasteiger partial charge >= 0.3 is 5.69 Å². The van der Waals surface area contributed by atoms with Crippen LogP contribution in [-0.2, 0) is 4.74 Å². The molecule has 1 aromatic carbocycles. The predicted octanol–water partition coefficient (Wildman–Crippen LogP) is 3.02. The molecular weight excluding hydrogens is 274 g/mol. The molecule has 0 bridgehead atoms. The molecule has 7 nitrogen and oxygen atoms in total. The van der Waals surface area contributed by atoms with E-state index in [4.69, 9.17) is 9.47 Å². The third-order valence-electron chi connectivity index (χ3n) is 3.06. The van der Waals surface area contributed by atoms with Gasteiger partial charge in [-0.3, -0.25) is 10.1 Å². The van der Waals surface area contributed by atoms with Gasteiger partial charge in [0.15, 0.2) is 0 Å². The van der Waals surface area contributed by atoms with E-state index in [1.807, 2.05) is 13.8 Å². The minimum atomic E-state index is -0.470. The van der Waals surface area contributed by atoms with Gasteiger partial charge in [-0.05, 0) is 26.0 Å². The molecule has 0 radical (unpaired) electrons. The van der Waals surface area contributed by atoms with Gasteiger partial charge in [0.25, 0.3) is 0 Å². The molecule has 2 aromatic rings. The van der Waals surface area contributed by atoms with Crippen molar-refractivity contribution in [3.63, 3.8) is 0 Å². The van der Waals surface area contributed by atoms with Crippen LogP contribution in [0.15, 0.2) is 30.5 Å². The van der Waals surface area contributed by atoms with Crippen LogP contribution in [0.25, 0.3) is 11.3 Å². The average molecular weight is 291 g/mol. The van der Waals surface area contributed by atoms with Gasteiger partial charge in [-0.15, -0.1) is 0 Å². The van der Waals surface area contributed by atoms with E-state index in [0.29, 0.717) is 17.9 Å². The lowest BCUT2D eigenvalue weighted by atomic mass is 10.1. The molecule has 0 aliphatic carbocycles. The van der Waals surface area contributed by atoms with E-state index in [2.05, 4.69) is 5.10 Å². The van der Waals surface area contributed by atoms with Crippen LogP contribution in [0.3, 0.4) is 0 Å². The highest BCUT2D eigenvalue weighted by molar-refractivity contribution is 5.72. The Balaban J connectivity index is 2.43. The molecule has 0 N–H and O–H groups in total. The lowest BCUT2D eigenvalue weighted by molar-refractivity contribution is -0.385. The van der Waals surface area contributed by atoms with Crippen molar-refractivity contribution in [2.24, 2.45) is 0 Å². The fourth-order valence-electron chi connectivity index (χ4n) is 2.09. The number of benzene rings is 1. The van der Waals surface area contributed by atoms with Crippen LogP contribution in [0.1, 0.15) is 20.1 Å². The maximum atomic E-state index is 11.0. The largest absolute Gasteiger partial charge is 0.490 e. The molecule has 2 rings (SSSR count). The number of methoxy groups -OCH3 is 1. The maximum Gasteiger partial charge on any atom is 0.311 e. The van der Waals surface area contributed by atoms with Crippen molar-refractivity contribution in [2.75, 3.05) is 13.7 Å². The van der Waals surface area contributed by atoms with Crippen LogP contribution in [0.5, 0.6) is 5.75 Å². The standard InChI is InChI=1S/C14H17N3O4/c1-4-21-10(2)16-9-8-12(15-16)11-6-5-7-13(17(18)19)14(11)20-3/h5-10H,4H2,1-3H3. The monoisotopic (exact) mass is 291 g/mol. The van der Waals surface area contributed by atoms with Crippen molar-refractivity contribution in [2.45, 2.75) is 20.1 Å². The van der Waals surface area contributed by atoms with Crippen molar-refractivity contribution in [1.29, 1.82) is 0 Å². The maximum absolute atomic E-state index is 11.0. The first-order valence-corrected chi connectivity index (χ1v) is 6.57. The predicted molar refractivity (Wildman–Crippen MR) is 77.2 cm³/mol. The van der Waals surface area contributed by atoms with E-state index in [-0.39, 0.29) is 17.7 Å². The Morgan fingerprint density at radius 3 is 2.81 bits per heavy atom. The highest BCUT2D eigenvalue weighted by Gasteiger charge is 2.20. The number of rotatable bonds is 6. The number of nitro groups is 1. The second-order valence-electron chi connectivity index (χ2n) is 4.35. The summed E-state index contributed by atoms with van der Waals surface area (Å²) in [6.07, 6.45) is 1.57. The van der Waals surface area contributed by atoms with E-state index < -0.39 is 4.92 Å². The summed E-state index contributed by atoms with van der Waals surface area (Å²) in [5.74, 6) is 0.205. The van der Waals surface area contributed by atoms with Crippen LogP contribution >= 0.6 is 0 Å². The zero-order valence-electron chi connectivity index (χ0n) is 12.1. The first-order valence-electron chi connectivity index (χ1n) is 6.57. The Kier molecular flexibility index (Phi) is 4.54. The SMILES string of the molecule is CCOC(C)n1ccc(-c2cccc([N+](=O)[O-])c2OC)n1. The van der Waals surface area contributed by atoms with Crippen molar-refractivity contribution >= 4 is 5.69 Å². The summed E-state index contributed by atoms with van der Waals surface area (Å²) in [5, 5.41) is 15.4. The molecule has 0 spiro atoms. The molecule has 0 fully saturated rings. The number of hydrogen-bond acceptors (Lipinski definition) is 5. The van der Waals surface area contributed by atoms with Gasteiger partial charge in [0.2, 0.25) is 5.75 Å². The van der Waals surface area contributed by atoms with Gasteiger partial charge in [0, 0.05) is 18.9 Å². The third kappa shape index (κ3) is 3.03. The van der Waals surface area contributed by atoms with Crippen molar-refractivity contribution in [3.05, 3.63) is 40.6 Å². The summed E-state index contributed by atoms with van der Waals surface area (Å²) in [6.45, 7) is 4.37. The van der Waals surface area contributed by atoms with Crippen LogP contribution in [0.4, 0.5) is 5.69 Å². The Hall–Kier alpha value is -2.41. The number of nitro benzene ring substituents is 1. The summed E-state index contributed by atoms with van der Waals surface area (Å²) in [7, 11) is 1.41. The van der Waals surface area contributed by atoms with E-state index in [9.17, 15) is 10.1 Å². The molecule has 1 heterocycles. The third-order valence-corrected chi connectivity index (χ3v) is 3.06. The summed E-state index contributed by atoms with van der Waals surface area (Å²) in [5.41, 5.74) is 1.10. The fraction of sp³-hybridized carbons (Fsp3) is 0.357. The molecule has 112 valence electrons. The van der Waals surface area contributed by atoms with Crippen LogP contribution in [0.2, 0.25) is 0 Å². The molecule has 7 heteroatoms. The normalized spacial score (nSPS) is 12.1. The number of para-hydroxylation sites is 1. The van der Waals surface area contributed by atoms with Gasteiger partial charge in [0.05, 0.1) is 23.3 Å². The highest BCUT2D eigenvalue weighted by atomic mass is 16.6. The molecule has 0 amide bonds. The molecule has 21 heavy (non-hydrogen) atoms. The topological polar surface area (TPSA) is 79.4 Å². The molecule has 1 unspecified atom stereocenters. The van der Waals surface area contributed by atoms with Gasteiger partial charge < -0.3 is 9.47 Å². The minimum Gasteiger partial charge on any atom is -0.490 e. The lowest BCUT2D eigenvalue weighted by Crippen LogP contribution is -2.09. The molecule has 1 atom stereocenters. The first kappa shape index (κ1) is 15.0. The number of nitrogens with zero attached hydrogens (tertiary/aromatic N) is 3. The number of hydrogen-bond donors (Lipinski definition) is 0. The highest BCUT2D eigenvalue weighted by Crippen LogP contribution is 2.36. The van der Waals surface area contributed by atoms with Crippen molar-refractivity contribution in [1.82, 2.24) is 9.78 Å². The molecule has 0 saturated heterocycles. The van der Waals surface area contributed by atoms with Gasteiger partial charge in [-0.25, -0.2) is 4.68 Å². The fourth-order valence-corrected chi connectivity index (χ4v) is 2.09. The van der Waals surface area contributed by atoms with E-state index in [0.717, 1.165) is 0 Å². The first-order chi connectivity index (χ1) is 10.1. The Morgan fingerprint density at radius 2 is 2.19 bits per heavy atom. The molecule has 0 saturated carbocycles. The quantitative estimate of drug-likeness (QED) is 0.603. The Labute approximate surface area is 122 Å². The van der Waals surface area contributed by atoms with Crippen LogP contribution in [0, 0.1) is 10.1 Å². The van der Waals surface area contributed by atoms with E-state index in [1.165, 1.54) is 13.2 Å². The minimum absolute atomic E-state index is 0.0811. The summed E-state index contributed by atoms with van der Waals surface area (Å²) in [6, 6.07) is 6.53. The average Bonchev–Trinajstić information content (AvgIpc) is 2.96. The van der Waals surface area contributed by atoms with Gasteiger partial charge in [0.1, 0.15) is 6.23 Å². The van der Waals surface area contributed by atoms with Crippen LogP contribution in [-0.4, -0.2) is 28.4 Å². The van der Waals surface area contributed by atoms with Crippen molar-refractivity contribution in [3.8, 4) is 17.0 Å². The van der Waals surface area contributed by atoms with Gasteiger partial charge in [-0.1, -0.05) is 6.07 Å². The Morgan fingerprint density at radius 1 is 1.43 bits per heavy atom. The summed E-state index contributed by atoms with van der Waals surface area (Å²) >= 11 is 0. The summed E-state index contributed by atoms with van der Waals surface area (Å²) in [4.78, 5) is 10.6. The molecule has 1 aromatic heterocycles. The smallest absolute Gasteiger partial charge is 0.311 e. The number of ether oxygens (including phenoxy) is 2.